The molecule has 1 aliphatic rings. The highest BCUT2D eigenvalue weighted by Gasteiger charge is 2.25. The van der Waals surface area contributed by atoms with Crippen molar-refractivity contribution in [3.63, 3.8) is 0 Å². The first-order valence-electron chi connectivity index (χ1n) is 9.10. The number of carbonyl (C=O) groups is 1. The molecule has 28 heavy (non-hydrogen) atoms. The molecule has 3 heterocycles. The van der Waals surface area contributed by atoms with Gasteiger partial charge in [0, 0.05) is 23.2 Å². The van der Waals surface area contributed by atoms with E-state index in [4.69, 9.17) is 4.74 Å². The number of para-hydroxylation sites is 1. The maximum atomic E-state index is 12.8. The predicted molar refractivity (Wildman–Crippen MR) is 111 cm³/mol. The van der Waals surface area contributed by atoms with E-state index in [1.54, 1.807) is 16.2 Å². The van der Waals surface area contributed by atoms with Crippen LogP contribution in [0.15, 0.2) is 66.3 Å². The van der Waals surface area contributed by atoms with Gasteiger partial charge in [0.25, 0.3) is 5.91 Å². The van der Waals surface area contributed by atoms with Crippen LogP contribution < -0.4 is 9.64 Å². The van der Waals surface area contributed by atoms with Crippen molar-refractivity contribution in [2.75, 3.05) is 18.1 Å². The Balaban J connectivity index is 1.42. The van der Waals surface area contributed by atoms with Crippen LogP contribution in [0.2, 0.25) is 0 Å². The van der Waals surface area contributed by atoms with Crippen LogP contribution in [-0.4, -0.2) is 29.0 Å². The van der Waals surface area contributed by atoms with Gasteiger partial charge in [-0.3, -0.25) is 4.79 Å². The van der Waals surface area contributed by atoms with E-state index in [0.29, 0.717) is 12.4 Å². The number of fused-ring (bicyclic) bond motifs is 2. The molecule has 2 aromatic carbocycles. The fourth-order valence-corrected chi connectivity index (χ4v) is 4.50. The number of rotatable bonds is 4. The average molecular weight is 387 g/mol. The van der Waals surface area contributed by atoms with Crippen molar-refractivity contribution in [2.45, 2.75) is 6.42 Å². The van der Waals surface area contributed by atoms with Crippen LogP contribution in [-0.2, 0) is 11.2 Å². The van der Waals surface area contributed by atoms with Gasteiger partial charge in [-0.25, -0.2) is 9.97 Å². The molecule has 0 radical (unpaired) electrons. The molecule has 0 spiro atoms. The van der Waals surface area contributed by atoms with Crippen LogP contribution in [0.4, 0.5) is 5.69 Å². The molecule has 1 aliphatic heterocycles. The molecule has 0 saturated carbocycles. The summed E-state index contributed by atoms with van der Waals surface area (Å²) in [7, 11) is 0. The third-order valence-corrected chi connectivity index (χ3v) is 5.83. The van der Waals surface area contributed by atoms with E-state index in [1.165, 1.54) is 11.9 Å². The first-order chi connectivity index (χ1) is 13.8. The number of hydrogen-bond acceptors (Lipinski definition) is 5. The standard InChI is InChI=1S/C22H17N3O2S/c26-19(25-11-10-16-8-4-5-9-18(16)25)12-27-21-20-17(15-6-2-1-3-7-15)13-28-22(20)24-14-23-21/h1-9,13-14H,10-12H2. The van der Waals surface area contributed by atoms with Crippen LogP contribution in [0.3, 0.4) is 0 Å². The van der Waals surface area contributed by atoms with E-state index in [-0.39, 0.29) is 12.5 Å². The maximum Gasteiger partial charge on any atom is 0.264 e. The van der Waals surface area contributed by atoms with Crippen molar-refractivity contribution in [2.24, 2.45) is 0 Å². The second-order valence-electron chi connectivity index (χ2n) is 6.59. The summed E-state index contributed by atoms with van der Waals surface area (Å²) in [5, 5.41) is 2.91. The minimum absolute atomic E-state index is 0.0511. The second kappa shape index (κ2) is 7.05. The first-order valence-corrected chi connectivity index (χ1v) is 9.98. The molecular formula is C22H17N3O2S. The van der Waals surface area contributed by atoms with Crippen molar-refractivity contribution in [3.8, 4) is 17.0 Å². The highest BCUT2D eigenvalue weighted by molar-refractivity contribution is 7.17. The van der Waals surface area contributed by atoms with Gasteiger partial charge in [-0.05, 0) is 23.6 Å². The van der Waals surface area contributed by atoms with Crippen molar-refractivity contribution >= 4 is 33.1 Å². The lowest BCUT2D eigenvalue weighted by molar-refractivity contribution is -0.120. The Kier molecular flexibility index (Phi) is 4.25. The number of anilines is 1. The molecule has 0 bridgehead atoms. The van der Waals surface area contributed by atoms with Gasteiger partial charge >= 0.3 is 0 Å². The zero-order valence-corrected chi connectivity index (χ0v) is 15.9. The number of benzene rings is 2. The third kappa shape index (κ3) is 2.92. The van der Waals surface area contributed by atoms with Crippen LogP contribution in [0.5, 0.6) is 5.88 Å². The normalized spacial score (nSPS) is 12.9. The molecule has 0 unspecified atom stereocenters. The average Bonchev–Trinajstić information content (AvgIpc) is 3.37. The summed E-state index contributed by atoms with van der Waals surface area (Å²) < 4.78 is 5.89. The van der Waals surface area contributed by atoms with Crippen LogP contribution in [0.1, 0.15) is 5.56 Å². The van der Waals surface area contributed by atoms with Crippen molar-refractivity contribution < 1.29 is 9.53 Å². The number of ether oxygens (including phenoxy) is 1. The minimum atomic E-state index is -0.0618. The first kappa shape index (κ1) is 16.9. The van der Waals surface area contributed by atoms with E-state index in [1.807, 2.05) is 48.5 Å². The second-order valence-corrected chi connectivity index (χ2v) is 7.45. The van der Waals surface area contributed by atoms with E-state index >= 15 is 0 Å². The van der Waals surface area contributed by atoms with E-state index < -0.39 is 0 Å². The Morgan fingerprint density at radius 2 is 1.89 bits per heavy atom. The summed E-state index contributed by atoms with van der Waals surface area (Å²) in [5.41, 5.74) is 4.28. The van der Waals surface area contributed by atoms with E-state index in [2.05, 4.69) is 21.4 Å². The Hall–Kier alpha value is -3.25. The van der Waals surface area contributed by atoms with Crippen molar-refractivity contribution in [1.29, 1.82) is 0 Å². The van der Waals surface area contributed by atoms with Gasteiger partial charge in [0.2, 0.25) is 5.88 Å². The summed E-state index contributed by atoms with van der Waals surface area (Å²) in [6.45, 7) is 0.638. The summed E-state index contributed by atoms with van der Waals surface area (Å²) >= 11 is 1.55. The van der Waals surface area contributed by atoms with Gasteiger partial charge in [-0.2, -0.15) is 0 Å². The van der Waals surface area contributed by atoms with Crippen LogP contribution in [0, 0.1) is 0 Å². The third-order valence-electron chi connectivity index (χ3n) is 4.94. The number of carbonyl (C=O) groups excluding carboxylic acids is 1. The molecule has 5 rings (SSSR count). The molecular weight excluding hydrogens is 370 g/mol. The van der Waals surface area contributed by atoms with E-state index in [0.717, 1.165) is 33.5 Å². The van der Waals surface area contributed by atoms with Gasteiger partial charge in [-0.1, -0.05) is 48.5 Å². The van der Waals surface area contributed by atoms with Crippen LogP contribution in [0.25, 0.3) is 21.3 Å². The number of hydrogen-bond donors (Lipinski definition) is 0. The lowest BCUT2D eigenvalue weighted by Crippen LogP contribution is -2.33. The summed E-state index contributed by atoms with van der Waals surface area (Å²) in [4.78, 5) is 24.1. The Morgan fingerprint density at radius 1 is 1.07 bits per heavy atom. The molecule has 4 aromatic rings. The molecule has 0 saturated heterocycles. The smallest absolute Gasteiger partial charge is 0.264 e. The topological polar surface area (TPSA) is 55.3 Å². The molecule has 0 N–H and O–H groups in total. The molecule has 0 aliphatic carbocycles. The molecule has 5 nitrogen and oxygen atoms in total. The summed E-state index contributed by atoms with van der Waals surface area (Å²) in [5.74, 6) is 0.388. The maximum absolute atomic E-state index is 12.8. The fourth-order valence-electron chi connectivity index (χ4n) is 3.59. The number of aromatic nitrogens is 2. The largest absolute Gasteiger partial charge is 0.467 e. The highest BCUT2D eigenvalue weighted by atomic mass is 32.1. The molecule has 0 atom stereocenters. The monoisotopic (exact) mass is 387 g/mol. The molecule has 138 valence electrons. The minimum Gasteiger partial charge on any atom is -0.467 e. The van der Waals surface area contributed by atoms with E-state index in [9.17, 15) is 4.79 Å². The number of nitrogens with zero attached hydrogens (tertiary/aromatic N) is 3. The van der Waals surface area contributed by atoms with Gasteiger partial charge < -0.3 is 9.64 Å². The molecule has 6 heteroatoms. The molecule has 0 fully saturated rings. The van der Waals surface area contributed by atoms with Crippen molar-refractivity contribution in [3.05, 3.63) is 71.9 Å². The predicted octanol–water partition coefficient (Wildman–Crippen LogP) is 4.33. The zero-order valence-electron chi connectivity index (χ0n) is 15.0. The Labute approximate surface area is 166 Å². The quantitative estimate of drug-likeness (QED) is 0.523. The van der Waals surface area contributed by atoms with Crippen LogP contribution >= 0.6 is 11.3 Å². The lowest BCUT2D eigenvalue weighted by Gasteiger charge is -2.17. The molecule has 1 amide bonds. The molecule has 2 aromatic heterocycles. The highest BCUT2D eigenvalue weighted by Crippen LogP contribution is 2.37. The summed E-state index contributed by atoms with van der Waals surface area (Å²) in [6, 6.07) is 18.1. The zero-order chi connectivity index (χ0) is 18.9. The lowest BCUT2D eigenvalue weighted by atomic mass is 10.1. The van der Waals surface area contributed by atoms with Crippen molar-refractivity contribution in [1.82, 2.24) is 9.97 Å². The Bertz CT molecular complexity index is 1160. The number of thiophene rings is 1. The Morgan fingerprint density at radius 3 is 2.79 bits per heavy atom. The van der Waals surface area contributed by atoms with Gasteiger partial charge in [-0.15, -0.1) is 11.3 Å². The van der Waals surface area contributed by atoms with Gasteiger partial charge in [0.05, 0.1) is 5.39 Å². The number of amides is 1. The fraction of sp³-hybridized carbons (Fsp3) is 0.136. The van der Waals surface area contributed by atoms with Gasteiger partial charge in [0.1, 0.15) is 11.2 Å². The summed E-state index contributed by atoms with van der Waals surface area (Å²) in [6.07, 6.45) is 2.36. The van der Waals surface area contributed by atoms with Gasteiger partial charge in [0.15, 0.2) is 6.61 Å². The SMILES string of the molecule is O=C(COc1ncnc2scc(-c3ccccc3)c12)N1CCc2ccccc21.